The van der Waals surface area contributed by atoms with Gasteiger partial charge in [0.15, 0.2) is 0 Å². The van der Waals surface area contributed by atoms with Crippen molar-refractivity contribution in [2.24, 2.45) is 0 Å². The van der Waals surface area contributed by atoms with E-state index < -0.39 is 6.04 Å². The number of nitrogens with zero attached hydrogens (tertiary/aromatic N) is 1. The van der Waals surface area contributed by atoms with Crippen LogP contribution in [-0.2, 0) is 17.8 Å². The lowest BCUT2D eigenvalue weighted by Gasteiger charge is -2.31. The maximum atomic E-state index is 12.7. The smallest absolute Gasteiger partial charge is 0.251 e. The molecular weight excluding hydrogens is 359 g/mol. The van der Waals surface area contributed by atoms with Gasteiger partial charge in [-0.3, -0.25) is 9.59 Å². The minimum atomic E-state index is -0.618. The minimum Gasteiger partial charge on any atom is -0.341 e. The Bertz CT molecular complexity index is 823. The average Bonchev–Trinajstić information content (AvgIpc) is 2.62. The highest BCUT2D eigenvalue weighted by Crippen LogP contribution is 2.23. The largest absolute Gasteiger partial charge is 0.341 e. The number of rotatable bonds is 3. The van der Waals surface area contributed by atoms with Gasteiger partial charge in [-0.15, -0.1) is 0 Å². The fourth-order valence-corrected chi connectivity index (χ4v) is 3.23. The molecule has 0 aromatic heterocycles. The molecule has 3 rings (SSSR count). The molecule has 0 saturated heterocycles. The van der Waals surface area contributed by atoms with E-state index in [4.69, 9.17) is 23.2 Å². The van der Waals surface area contributed by atoms with Gasteiger partial charge in [0.25, 0.3) is 5.91 Å². The van der Waals surface area contributed by atoms with Crippen molar-refractivity contribution in [2.75, 3.05) is 6.54 Å². The molecule has 1 N–H and O–H groups in total. The number of nitrogens with one attached hydrogen (secondary N) is 1. The lowest BCUT2D eigenvalue weighted by molar-refractivity contribution is -0.133. The molecular formula is C19H18Cl2N2O2. The molecule has 0 unspecified atom stereocenters. The van der Waals surface area contributed by atoms with Crippen LogP contribution in [0.5, 0.6) is 0 Å². The van der Waals surface area contributed by atoms with Gasteiger partial charge in [-0.25, -0.2) is 0 Å². The number of fused-ring (bicyclic) bond motifs is 1. The molecule has 1 aliphatic heterocycles. The van der Waals surface area contributed by atoms with Gasteiger partial charge in [-0.2, -0.15) is 0 Å². The summed E-state index contributed by atoms with van der Waals surface area (Å²) >= 11 is 11.8. The number of amides is 2. The van der Waals surface area contributed by atoms with E-state index in [0.717, 1.165) is 12.0 Å². The highest BCUT2D eigenvalue weighted by atomic mass is 35.5. The first-order valence-corrected chi connectivity index (χ1v) is 8.83. The van der Waals surface area contributed by atoms with Crippen LogP contribution in [0.4, 0.5) is 0 Å². The van der Waals surface area contributed by atoms with E-state index in [0.29, 0.717) is 28.7 Å². The predicted molar refractivity (Wildman–Crippen MR) is 99.0 cm³/mol. The van der Waals surface area contributed by atoms with Crippen LogP contribution in [0.1, 0.15) is 28.4 Å². The first-order valence-electron chi connectivity index (χ1n) is 8.07. The van der Waals surface area contributed by atoms with E-state index in [1.54, 1.807) is 24.0 Å². The van der Waals surface area contributed by atoms with E-state index in [1.165, 1.54) is 11.6 Å². The maximum Gasteiger partial charge on any atom is 0.251 e. The third kappa shape index (κ3) is 3.97. The monoisotopic (exact) mass is 376 g/mol. The van der Waals surface area contributed by atoms with Gasteiger partial charge in [0, 0.05) is 18.7 Å². The van der Waals surface area contributed by atoms with Gasteiger partial charge < -0.3 is 10.2 Å². The first kappa shape index (κ1) is 17.8. The average molecular weight is 377 g/mol. The fraction of sp³-hybridized carbons (Fsp3) is 0.263. The molecule has 4 nitrogen and oxygen atoms in total. The van der Waals surface area contributed by atoms with Crippen LogP contribution in [0.3, 0.4) is 0 Å². The zero-order chi connectivity index (χ0) is 18.0. The van der Waals surface area contributed by atoms with Gasteiger partial charge in [-0.1, -0.05) is 47.5 Å². The molecule has 0 saturated carbocycles. The molecule has 0 aliphatic carbocycles. The van der Waals surface area contributed by atoms with Crippen LogP contribution in [-0.4, -0.2) is 29.3 Å². The highest BCUT2D eigenvalue weighted by molar-refractivity contribution is 6.42. The van der Waals surface area contributed by atoms with Crippen LogP contribution in [0, 0.1) is 0 Å². The summed E-state index contributed by atoms with van der Waals surface area (Å²) in [6, 6.07) is 12.1. The van der Waals surface area contributed by atoms with Crippen LogP contribution in [0.25, 0.3) is 0 Å². The second-order valence-electron chi connectivity index (χ2n) is 6.10. The maximum absolute atomic E-state index is 12.7. The number of hydrogen-bond acceptors (Lipinski definition) is 2. The molecule has 2 aromatic rings. The zero-order valence-corrected chi connectivity index (χ0v) is 15.3. The number of carbonyl (C=O) groups is 2. The van der Waals surface area contributed by atoms with E-state index in [1.807, 2.05) is 18.2 Å². The van der Waals surface area contributed by atoms with Crippen molar-refractivity contribution >= 4 is 35.0 Å². The Hall–Kier alpha value is -2.04. The molecule has 2 aromatic carbocycles. The summed E-state index contributed by atoms with van der Waals surface area (Å²) in [5.74, 6) is -0.445. The topological polar surface area (TPSA) is 49.4 Å². The van der Waals surface area contributed by atoms with Crippen LogP contribution < -0.4 is 5.32 Å². The second kappa shape index (κ2) is 7.46. The van der Waals surface area contributed by atoms with E-state index in [2.05, 4.69) is 11.4 Å². The quantitative estimate of drug-likeness (QED) is 0.887. The Labute approximate surface area is 156 Å². The van der Waals surface area contributed by atoms with Crippen LogP contribution in [0.2, 0.25) is 10.0 Å². The lowest BCUT2D eigenvalue weighted by Crippen LogP contribution is -2.48. The minimum absolute atomic E-state index is 0.0945. The molecule has 0 radical (unpaired) electrons. The molecule has 1 aliphatic rings. The van der Waals surface area contributed by atoms with Crippen molar-refractivity contribution in [3.05, 3.63) is 69.2 Å². The summed E-state index contributed by atoms with van der Waals surface area (Å²) in [7, 11) is 0. The molecule has 130 valence electrons. The predicted octanol–water partition coefficient (Wildman–Crippen LogP) is 3.70. The van der Waals surface area contributed by atoms with Crippen molar-refractivity contribution in [2.45, 2.75) is 25.9 Å². The van der Waals surface area contributed by atoms with Crippen molar-refractivity contribution in [1.82, 2.24) is 10.2 Å². The van der Waals surface area contributed by atoms with Gasteiger partial charge >= 0.3 is 0 Å². The summed E-state index contributed by atoms with van der Waals surface area (Å²) < 4.78 is 0. The van der Waals surface area contributed by atoms with Gasteiger partial charge in [-0.05, 0) is 42.7 Å². The fourth-order valence-electron chi connectivity index (χ4n) is 2.94. The second-order valence-corrected chi connectivity index (χ2v) is 6.92. The van der Waals surface area contributed by atoms with Crippen molar-refractivity contribution in [3.8, 4) is 0 Å². The Balaban J connectivity index is 1.65. The Morgan fingerprint density at radius 1 is 1.08 bits per heavy atom. The highest BCUT2D eigenvalue weighted by Gasteiger charge is 2.25. The first-order chi connectivity index (χ1) is 12.0. The number of benzene rings is 2. The molecule has 0 fully saturated rings. The molecule has 2 amide bonds. The summed E-state index contributed by atoms with van der Waals surface area (Å²) in [6.45, 7) is 2.92. The van der Waals surface area contributed by atoms with Crippen LogP contribution in [0.15, 0.2) is 42.5 Å². The Morgan fingerprint density at radius 3 is 2.52 bits per heavy atom. The van der Waals surface area contributed by atoms with E-state index in [9.17, 15) is 9.59 Å². The van der Waals surface area contributed by atoms with E-state index >= 15 is 0 Å². The molecule has 0 spiro atoms. The van der Waals surface area contributed by atoms with Gasteiger partial charge in [0.1, 0.15) is 6.04 Å². The Morgan fingerprint density at radius 2 is 1.80 bits per heavy atom. The molecule has 25 heavy (non-hydrogen) atoms. The number of carbonyl (C=O) groups excluding carboxylic acids is 2. The Kier molecular flexibility index (Phi) is 5.30. The zero-order valence-electron chi connectivity index (χ0n) is 13.8. The van der Waals surface area contributed by atoms with Crippen LogP contribution >= 0.6 is 23.2 Å². The molecule has 6 heteroatoms. The number of hydrogen-bond donors (Lipinski definition) is 1. The molecule has 0 bridgehead atoms. The van der Waals surface area contributed by atoms with Crippen molar-refractivity contribution in [1.29, 1.82) is 0 Å². The molecule has 1 atom stereocenters. The SMILES string of the molecule is C[C@@H](NC(=O)c1ccc(Cl)c(Cl)c1)C(=O)N1CCc2ccccc2C1. The summed E-state index contributed by atoms with van der Waals surface area (Å²) in [5.41, 5.74) is 2.81. The summed E-state index contributed by atoms with van der Waals surface area (Å²) in [5, 5.41) is 3.42. The molecule has 1 heterocycles. The lowest BCUT2D eigenvalue weighted by atomic mass is 9.99. The van der Waals surface area contributed by atoms with Crippen molar-refractivity contribution < 1.29 is 9.59 Å². The van der Waals surface area contributed by atoms with E-state index in [-0.39, 0.29) is 11.8 Å². The third-order valence-electron chi connectivity index (χ3n) is 4.34. The number of halogens is 2. The normalized spacial score (nSPS) is 14.6. The summed E-state index contributed by atoms with van der Waals surface area (Å²) in [6.07, 6.45) is 0.829. The van der Waals surface area contributed by atoms with Gasteiger partial charge in [0.2, 0.25) is 5.91 Å². The summed E-state index contributed by atoms with van der Waals surface area (Å²) in [4.78, 5) is 26.8. The van der Waals surface area contributed by atoms with Crippen molar-refractivity contribution in [3.63, 3.8) is 0 Å². The van der Waals surface area contributed by atoms with Gasteiger partial charge in [0.05, 0.1) is 10.0 Å². The third-order valence-corrected chi connectivity index (χ3v) is 5.08. The standard InChI is InChI=1S/C19H18Cl2N2O2/c1-12(22-18(24)14-6-7-16(20)17(21)10-14)19(25)23-9-8-13-4-2-3-5-15(13)11-23/h2-7,10,12H,8-9,11H2,1H3,(H,22,24)/t12-/m1/s1.